The minimum atomic E-state index is 0.219. The van der Waals surface area contributed by atoms with E-state index in [2.05, 4.69) is 40.3 Å². The van der Waals surface area contributed by atoms with Crippen LogP contribution in [-0.4, -0.2) is 5.78 Å². The lowest BCUT2D eigenvalue weighted by Gasteiger charge is -2.15. The molecule has 1 aromatic rings. The van der Waals surface area contributed by atoms with E-state index in [0.717, 1.165) is 28.7 Å². The average Bonchev–Trinajstić information content (AvgIpc) is 2.22. The fraction of sp³-hybridized carbons (Fsp3) is 0.308. The fourth-order valence-corrected chi connectivity index (χ4v) is 2.38. The standard InChI is InChI=1S/C13H14BrNO/c1-9-5-6-13(12(14)7-9)15-10-3-2-4-11(16)8-10/h5-8,15H,2-4H2,1H3. The molecular weight excluding hydrogens is 266 g/mol. The van der Waals surface area contributed by atoms with Gasteiger partial charge in [-0.2, -0.15) is 0 Å². The Balaban J connectivity index is 2.17. The Kier molecular flexibility index (Phi) is 3.44. The minimum absolute atomic E-state index is 0.219. The molecule has 0 spiro atoms. The van der Waals surface area contributed by atoms with Crippen LogP contribution < -0.4 is 5.32 Å². The van der Waals surface area contributed by atoms with Crippen LogP contribution in [0.1, 0.15) is 24.8 Å². The van der Waals surface area contributed by atoms with Crippen molar-refractivity contribution in [1.29, 1.82) is 0 Å². The van der Waals surface area contributed by atoms with E-state index in [0.29, 0.717) is 6.42 Å². The Morgan fingerprint density at radius 3 is 2.81 bits per heavy atom. The highest BCUT2D eigenvalue weighted by Crippen LogP contribution is 2.26. The van der Waals surface area contributed by atoms with E-state index in [1.165, 1.54) is 5.56 Å². The number of nitrogens with one attached hydrogen (secondary N) is 1. The van der Waals surface area contributed by atoms with Crippen molar-refractivity contribution in [3.63, 3.8) is 0 Å². The zero-order valence-electron chi connectivity index (χ0n) is 9.22. The first kappa shape index (κ1) is 11.4. The van der Waals surface area contributed by atoms with Crippen LogP contribution >= 0.6 is 15.9 Å². The quantitative estimate of drug-likeness (QED) is 0.892. The molecule has 0 aliphatic heterocycles. The van der Waals surface area contributed by atoms with Crippen molar-refractivity contribution in [3.8, 4) is 0 Å². The van der Waals surface area contributed by atoms with Crippen molar-refractivity contribution in [1.82, 2.24) is 0 Å². The van der Waals surface area contributed by atoms with Gasteiger partial charge in [-0.1, -0.05) is 6.07 Å². The number of benzene rings is 1. The van der Waals surface area contributed by atoms with Crippen molar-refractivity contribution in [2.24, 2.45) is 0 Å². The van der Waals surface area contributed by atoms with Crippen molar-refractivity contribution in [2.75, 3.05) is 5.32 Å². The van der Waals surface area contributed by atoms with Gasteiger partial charge in [0.05, 0.1) is 5.69 Å². The van der Waals surface area contributed by atoms with E-state index in [1.807, 2.05) is 6.07 Å². The molecule has 2 rings (SSSR count). The molecule has 84 valence electrons. The normalized spacial score (nSPS) is 15.9. The van der Waals surface area contributed by atoms with Crippen LogP contribution in [0.3, 0.4) is 0 Å². The summed E-state index contributed by atoms with van der Waals surface area (Å²) in [4.78, 5) is 11.3. The average molecular weight is 280 g/mol. The third-order valence-corrected chi connectivity index (χ3v) is 3.28. The zero-order valence-corrected chi connectivity index (χ0v) is 10.8. The molecule has 0 unspecified atom stereocenters. The van der Waals surface area contributed by atoms with Crippen molar-refractivity contribution < 1.29 is 4.79 Å². The van der Waals surface area contributed by atoms with Gasteiger partial charge >= 0.3 is 0 Å². The minimum Gasteiger partial charge on any atom is -0.358 e. The maximum Gasteiger partial charge on any atom is 0.157 e. The number of ketones is 1. The van der Waals surface area contributed by atoms with Crippen LogP contribution in [0, 0.1) is 6.92 Å². The number of hydrogen-bond acceptors (Lipinski definition) is 2. The molecule has 0 radical (unpaired) electrons. The Morgan fingerprint density at radius 1 is 1.31 bits per heavy atom. The number of halogens is 1. The van der Waals surface area contributed by atoms with Gasteiger partial charge in [0.2, 0.25) is 0 Å². The van der Waals surface area contributed by atoms with Crippen LogP contribution in [0.2, 0.25) is 0 Å². The number of rotatable bonds is 2. The second kappa shape index (κ2) is 4.83. The lowest BCUT2D eigenvalue weighted by Crippen LogP contribution is -2.09. The highest BCUT2D eigenvalue weighted by molar-refractivity contribution is 9.10. The van der Waals surface area contributed by atoms with E-state index < -0.39 is 0 Å². The number of hydrogen-bond donors (Lipinski definition) is 1. The number of carbonyl (C=O) groups is 1. The molecule has 0 heterocycles. The van der Waals surface area contributed by atoms with Crippen LogP contribution in [-0.2, 0) is 4.79 Å². The summed E-state index contributed by atoms with van der Waals surface area (Å²) in [6.07, 6.45) is 4.29. The molecule has 1 aromatic carbocycles. The summed E-state index contributed by atoms with van der Waals surface area (Å²) in [5.74, 6) is 0.219. The fourth-order valence-electron chi connectivity index (χ4n) is 1.78. The summed E-state index contributed by atoms with van der Waals surface area (Å²) >= 11 is 3.51. The van der Waals surface area contributed by atoms with Gasteiger partial charge in [0.15, 0.2) is 5.78 Å². The predicted octanol–water partition coefficient (Wildman–Crippen LogP) is 3.81. The van der Waals surface area contributed by atoms with Crippen LogP contribution in [0.5, 0.6) is 0 Å². The predicted molar refractivity (Wildman–Crippen MR) is 69.4 cm³/mol. The van der Waals surface area contributed by atoms with Gasteiger partial charge in [-0.15, -0.1) is 0 Å². The molecule has 0 amide bonds. The topological polar surface area (TPSA) is 29.1 Å². The molecule has 0 fully saturated rings. The lowest BCUT2D eigenvalue weighted by atomic mass is 10.0. The summed E-state index contributed by atoms with van der Waals surface area (Å²) in [5, 5.41) is 3.30. The highest BCUT2D eigenvalue weighted by Gasteiger charge is 2.10. The largest absolute Gasteiger partial charge is 0.358 e. The SMILES string of the molecule is Cc1ccc(NC2=CC(=O)CCC2)c(Br)c1. The van der Waals surface area contributed by atoms with Gasteiger partial charge in [-0.3, -0.25) is 4.79 Å². The first-order chi connectivity index (χ1) is 7.65. The summed E-state index contributed by atoms with van der Waals surface area (Å²) in [6.45, 7) is 2.05. The molecule has 0 saturated carbocycles. The lowest BCUT2D eigenvalue weighted by molar-refractivity contribution is -0.115. The van der Waals surface area contributed by atoms with E-state index in [9.17, 15) is 4.79 Å². The Bertz CT molecular complexity index is 451. The van der Waals surface area contributed by atoms with Gasteiger partial charge in [0.1, 0.15) is 0 Å². The smallest absolute Gasteiger partial charge is 0.157 e. The molecule has 0 bridgehead atoms. The molecule has 0 saturated heterocycles. The van der Waals surface area contributed by atoms with Crippen LogP contribution in [0.15, 0.2) is 34.4 Å². The Morgan fingerprint density at radius 2 is 2.12 bits per heavy atom. The second-order valence-corrected chi connectivity index (χ2v) is 4.95. The second-order valence-electron chi connectivity index (χ2n) is 4.10. The summed E-state index contributed by atoms with van der Waals surface area (Å²) in [7, 11) is 0. The molecule has 1 aliphatic rings. The molecule has 0 aromatic heterocycles. The molecule has 16 heavy (non-hydrogen) atoms. The maximum absolute atomic E-state index is 11.3. The molecule has 1 aliphatic carbocycles. The van der Waals surface area contributed by atoms with Crippen molar-refractivity contribution >= 4 is 27.4 Å². The first-order valence-electron chi connectivity index (χ1n) is 5.42. The van der Waals surface area contributed by atoms with Gasteiger partial charge in [-0.25, -0.2) is 0 Å². The number of allylic oxidation sites excluding steroid dienone is 2. The summed E-state index contributed by atoms with van der Waals surface area (Å²) in [5.41, 5.74) is 3.25. The van der Waals surface area contributed by atoms with Crippen molar-refractivity contribution in [2.45, 2.75) is 26.2 Å². The van der Waals surface area contributed by atoms with Crippen molar-refractivity contribution in [3.05, 3.63) is 40.0 Å². The summed E-state index contributed by atoms with van der Waals surface area (Å²) < 4.78 is 1.03. The number of anilines is 1. The highest BCUT2D eigenvalue weighted by atomic mass is 79.9. The number of carbonyl (C=O) groups excluding carboxylic acids is 1. The van der Waals surface area contributed by atoms with E-state index >= 15 is 0 Å². The Labute approximate surface area is 104 Å². The molecular formula is C13H14BrNO. The van der Waals surface area contributed by atoms with Crippen LogP contribution in [0.4, 0.5) is 5.69 Å². The Hall–Kier alpha value is -1.09. The molecule has 1 N–H and O–H groups in total. The monoisotopic (exact) mass is 279 g/mol. The zero-order chi connectivity index (χ0) is 11.5. The van der Waals surface area contributed by atoms with Gasteiger partial charge in [0, 0.05) is 22.7 Å². The van der Waals surface area contributed by atoms with Crippen LogP contribution in [0.25, 0.3) is 0 Å². The molecule has 2 nitrogen and oxygen atoms in total. The summed E-state index contributed by atoms with van der Waals surface area (Å²) in [6, 6.07) is 6.14. The van der Waals surface area contributed by atoms with Gasteiger partial charge < -0.3 is 5.32 Å². The van der Waals surface area contributed by atoms with E-state index in [1.54, 1.807) is 6.08 Å². The molecule has 3 heteroatoms. The third kappa shape index (κ3) is 2.73. The van der Waals surface area contributed by atoms with Gasteiger partial charge in [0.25, 0.3) is 0 Å². The van der Waals surface area contributed by atoms with E-state index in [4.69, 9.17) is 0 Å². The first-order valence-corrected chi connectivity index (χ1v) is 6.21. The molecule has 0 atom stereocenters. The maximum atomic E-state index is 11.3. The third-order valence-electron chi connectivity index (χ3n) is 2.62. The van der Waals surface area contributed by atoms with Gasteiger partial charge in [-0.05, 0) is 53.4 Å². The number of aryl methyl sites for hydroxylation is 1. The van der Waals surface area contributed by atoms with E-state index in [-0.39, 0.29) is 5.78 Å².